The Hall–Kier alpha value is -1.06. The van der Waals surface area contributed by atoms with Gasteiger partial charge in [0.05, 0.1) is 6.54 Å². The van der Waals surface area contributed by atoms with E-state index in [4.69, 9.17) is 14.2 Å². The average molecular weight is 505 g/mol. The van der Waals surface area contributed by atoms with E-state index in [2.05, 4.69) is 35.5 Å². The van der Waals surface area contributed by atoms with E-state index >= 15 is 0 Å². The van der Waals surface area contributed by atoms with Gasteiger partial charge >= 0.3 is 0 Å². The van der Waals surface area contributed by atoms with E-state index in [1.807, 2.05) is 18.2 Å². The normalized spacial score (nSPS) is 15.0. The summed E-state index contributed by atoms with van der Waals surface area (Å²) in [4.78, 5) is 4.60. The first-order chi connectivity index (χ1) is 13.3. The summed E-state index contributed by atoms with van der Waals surface area (Å²) >= 11 is 0. The Balaban J connectivity index is 0.00000392. The highest BCUT2D eigenvalue weighted by Crippen LogP contribution is 2.16. The number of ether oxygens (including phenoxy) is 3. The fourth-order valence-corrected chi connectivity index (χ4v) is 2.91. The first-order valence-corrected chi connectivity index (χ1v) is 10.2. The van der Waals surface area contributed by atoms with E-state index in [0.29, 0.717) is 19.1 Å². The van der Waals surface area contributed by atoms with Gasteiger partial charge in [0.15, 0.2) is 5.96 Å². The van der Waals surface area contributed by atoms with Crippen molar-refractivity contribution >= 4 is 29.9 Å². The molecule has 6 nitrogen and oxygen atoms in total. The van der Waals surface area contributed by atoms with Crippen LogP contribution in [0.1, 0.15) is 31.7 Å². The second-order valence-corrected chi connectivity index (χ2v) is 6.79. The van der Waals surface area contributed by atoms with Crippen molar-refractivity contribution in [2.75, 3.05) is 52.7 Å². The summed E-state index contributed by atoms with van der Waals surface area (Å²) in [7, 11) is 0. The first-order valence-electron chi connectivity index (χ1n) is 10.2. The van der Waals surface area contributed by atoms with Crippen LogP contribution in [0.15, 0.2) is 29.3 Å². The minimum atomic E-state index is 0. The second kappa shape index (κ2) is 15.8. The third-order valence-corrected chi connectivity index (χ3v) is 4.50. The first kappa shape index (κ1) is 25.0. The number of aryl methyl sites for hydroxylation is 1. The number of nitrogens with one attached hydrogen (secondary N) is 2. The molecule has 0 radical (unpaired) electrons. The molecule has 1 saturated heterocycles. The third-order valence-electron chi connectivity index (χ3n) is 4.50. The highest BCUT2D eigenvalue weighted by molar-refractivity contribution is 14.0. The molecule has 160 valence electrons. The molecule has 0 aromatic heterocycles. The van der Waals surface area contributed by atoms with Gasteiger partial charge in [-0.1, -0.05) is 18.2 Å². The Morgan fingerprint density at radius 2 is 1.96 bits per heavy atom. The molecule has 0 aliphatic carbocycles. The molecule has 28 heavy (non-hydrogen) atoms. The van der Waals surface area contributed by atoms with Gasteiger partial charge < -0.3 is 24.8 Å². The monoisotopic (exact) mass is 505 g/mol. The van der Waals surface area contributed by atoms with Crippen molar-refractivity contribution in [1.82, 2.24) is 10.6 Å². The Bertz CT molecular complexity index is 551. The Morgan fingerprint density at radius 1 is 1.18 bits per heavy atom. The molecular formula is C21H36IN3O3. The number of guanidine groups is 1. The summed E-state index contributed by atoms with van der Waals surface area (Å²) in [5.41, 5.74) is 1.15. The Morgan fingerprint density at radius 3 is 2.71 bits per heavy atom. The predicted molar refractivity (Wildman–Crippen MR) is 125 cm³/mol. The number of halogens is 1. The standard InChI is InChI=1S/C21H35N3O3.HI/c1-3-22-21(24-12-16-27-20-8-5-4-7-18(20)2)23-11-6-13-26-17-19-9-14-25-15-10-19;/h4-5,7-8,19H,3,6,9-17H2,1-2H3,(H2,22,23,24);1H. The molecule has 1 fully saturated rings. The van der Waals surface area contributed by atoms with Crippen LogP contribution in [0.2, 0.25) is 0 Å². The largest absolute Gasteiger partial charge is 0.491 e. The number of rotatable bonds is 11. The number of hydrogen-bond donors (Lipinski definition) is 2. The van der Waals surface area contributed by atoms with Crippen molar-refractivity contribution in [2.24, 2.45) is 10.9 Å². The SMILES string of the molecule is CCNC(=NCCCOCC1CCOCC1)NCCOc1ccccc1C.I. The van der Waals surface area contributed by atoms with Gasteiger partial charge in [0, 0.05) is 39.5 Å². The van der Waals surface area contributed by atoms with E-state index in [0.717, 1.165) is 76.1 Å². The van der Waals surface area contributed by atoms with Gasteiger partial charge in [-0.2, -0.15) is 0 Å². The highest BCUT2D eigenvalue weighted by atomic mass is 127. The quantitative estimate of drug-likeness (QED) is 0.209. The molecule has 7 heteroatoms. The van der Waals surface area contributed by atoms with Gasteiger partial charge in [-0.25, -0.2) is 0 Å². The fraction of sp³-hybridized carbons (Fsp3) is 0.667. The maximum absolute atomic E-state index is 5.81. The molecular weight excluding hydrogens is 469 g/mol. The maximum atomic E-state index is 5.81. The molecule has 1 aliphatic rings. The molecule has 2 N–H and O–H groups in total. The summed E-state index contributed by atoms with van der Waals surface area (Å²) in [6.07, 6.45) is 3.17. The summed E-state index contributed by atoms with van der Waals surface area (Å²) in [5, 5.41) is 6.58. The number of para-hydroxylation sites is 1. The lowest BCUT2D eigenvalue weighted by atomic mass is 10.0. The lowest BCUT2D eigenvalue weighted by molar-refractivity contribution is 0.0205. The van der Waals surface area contributed by atoms with Crippen LogP contribution in [0.5, 0.6) is 5.75 Å². The molecule has 2 rings (SSSR count). The lowest BCUT2D eigenvalue weighted by Gasteiger charge is -2.21. The zero-order valence-electron chi connectivity index (χ0n) is 17.2. The number of benzene rings is 1. The van der Waals surface area contributed by atoms with E-state index in [-0.39, 0.29) is 24.0 Å². The van der Waals surface area contributed by atoms with Crippen LogP contribution in [-0.2, 0) is 9.47 Å². The molecule has 0 saturated carbocycles. The van der Waals surface area contributed by atoms with Gasteiger partial charge in [-0.05, 0) is 50.7 Å². The average Bonchev–Trinajstić information content (AvgIpc) is 2.69. The van der Waals surface area contributed by atoms with E-state index in [1.165, 1.54) is 0 Å². The molecule has 1 aromatic carbocycles. The topological polar surface area (TPSA) is 64.1 Å². The van der Waals surface area contributed by atoms with Crippen LogP contribution in [0.3, 0.4) is 0 Å². The maximum Gasteiger partial charge on any atom is 0.191 e. The summed E-state index contributed by atoms with van der Waals surface area (Å²) in [6.45, 7) is 10.4. The molecule has 1 aromatic rings. The van der Waals surface area contributed by atoms with Gasteiger partial charge in [0.25, 0.3) is 0 Å². The van der Waals surface area contributed by atoms with E-state index in [9.17, 15) is 0 Å². The summed E-state index contributed by atoms with van der Waals surface area (Å²) in [6, 6.07) is 8.06. The van der Waals surface area contributed by atoms with Crippen molar-refractivity contribution in [2.45, 2.75) is 33.1 Å². The molecule has 0 atom stereocenters. The number of hydrogen-bond acceptors (Lipinski definition) is 4. The van der Waals surface area contributed by atoms with Gasteiger partial charge in [0.2, 0.25) is 0 Å². The molecule has 0 amide bonds. The molecule has 1 heterocycles. The molecule has 1 aliphatic heterocycles. The predicted octanol–water partition coefficient (Wildman–Crippen LogP) is 3.38. The number of nitrogens with zero attached hydrogens (tertiary/aromatic N) is 1. The summed E-state index contributed by atoms with van der Waals surface area (Å²) in [5.74, 6) is 2.42. The van der Waals surface area contributed by atoms with Crippen LogP contribution in [0.4, 0.5) is 0 Å². The smallest absolute Gasteiger partial charge is 0.191 e. The summed E-state index contributed by atoms with van der Waals surface area (Å²) < 4.78 is 17.0. The minimum absolute atomic E-state index is 0. The van der Waals surface area contributed by atoms with Crippen LogP contribution in [0.25, 0.3) is 0 Å². The van der Waals surface area contributed by atoms with Crippen molar-refractivity contribution in [3.05, 3.63) is 29.8 Å². The van der Waals surface area contributed by atoms with Crippen LogP contribution >= 0.6 is 24.0 Å². The molecule has 0 unspecified atom stereocenters. The van der Waals surface area contributed by atoms with Gasteiger partial charge in [0.1, 0.15) is 12.4 Å². The van der Waals surface area contributed by atoms with Crippen molar-refractivity contribution in [3.63, 3.8) is 0 Å². The van der Waals surface area contributed by atoms with Crippen molar-refractivity contribution < 1.29 is 14.2 Å². The molecule has 0 spiro atoms. The van der Waals surface area contributed by atoms with Gasteiger partial charge in [-0.15, -0.1) is 24.0 Å². The minimum Gasteiger partial charge on any atom is -0.491 e. The van der Waals surface area contributed by atoms with Crippen LogP contribution in [0, 0.1) is 12.8 Å². The van der Waals surface area contributed by atoms with Crippen molar-refractivity contribution in [1.29, 1.82) is 0 Å². The lowest BCUT2D eigenvalue weighted by Crippen LogP contribution is -2.39. The zero-order valence-corrected chi connectivity index (χ0v) is 19.6. The Kier molecular flexibility index (Phi) is 14.1. The van der Waals surface area contributed by atoms with E-state index in [1.54, 1.807) is 0 Å². The second-order valence-electron chi connectivity index (χ2n) is 6.79. The van der Waals surface area contributed by atoms with Crippen LogP contribution in [-0.4, -0.2) is 58.6 Å². The van der Waals surface area contributed by atoms with Gasteiger partial charge in [-0.3, -0.25) is 4.99 Å². The zero-order chi connectivity index (χ0) is 19.2. The van der Waals surface area contributed by atoms with Crippen LogP contribution < -0.4 is 15.4 Å². The highest BCUT2D eigenvalue weighted by Gasteiger charge is 2.13. The van der Waals surface area contributed by atoms with E-state index < -0.39 is 0 Å². The van der Waals surface area contributed by atoms with Crippen molar-refractivity contribution in [3.8, 4) is 5.75 Å². The Labute approximate surface area is 186 Å². The number of aliphatic imine (C=N–C) groups is 1. The third kappa shape index (κ3) is 10.5. The fourth-order valence-electron chi connectivity index (χ4n) is 2.91. The molecule has 0 bridgehead atoms.